The first kappa shape index (κ1) is 13.7. The molecule has 4 heteroatoms. The van der Waals surface area contributed by atoms with Crippen molar-refractivity contribution < 1.29 is 0 Å². The molecule has 1 aromatic heterocycles. The van der Waals surface area contributed by atoms with Crippen molar-refractivity contribution in [3.63, 3.8) is 0 Å². The summed E-state index contributed by atoms with van der Waals surface area (Å²) in [6.07, 6.45) is 3.13. The molecule has 1 aromatic rings. The van der Waals surface area contributed by atoms with Crippen LogP contribution >= 0.6 is 0 Å². The van der Waals surface area contributed by atoms with Gasteiger partial charge in [-0.25, -0.2) is 9.97 Å². The lowest BCUT2D eigenvalue weighted by Crippen LogP contribution is -2.22. The van der Waals surface area contributed by atoms with Gasteiger partial charge in [-0.2, -0.15) is 0 Å². The van der Waals surface area contributed by atoms with Crippen LogP contribution in [0.3, 0.4) is 0 Å². The van der Waals surface area contributed by atoms with E-state index >= 15 is 0 Å². The van der Waals surface area contributed by atoms with Gasteiger partial charge >= 0.3 is 0 Å². The first-order valence-electron chi connectivity index (χ1n) is 6.40. The average molecular weight is 236 g/mol. The zero-order chi connectivity index (χ0) is 12.8. The zero-order valence-corrected chi connectivity index (χ0v) is 11.7. The van der Waals surface area contributed by atoms with Crippen molar-refractivity contribution in [2.75, 3.05) is 30.9 Å². The van der Waals surface area contributed by atoms with Gasteiger partial charge in [0, 0.05) is 32.6 Å². The highest BCUT2D eigenvalue weighted by Crippen LogP contribution is 2.22. The predicted octanol–water partition coefficient (Wildman–Crippen LogP) is 2.63. The molecule has 1 heterocycles. The molecule has 0 fully saturated rings. The second kappa shape index (κ2) is 6.42. The number of anilines is 2. The van der Waals surface area contributed by atoms with Crippen LogP contribution in [0.15, 0.2) is 0 Å². The minimum atomic E-state index is 0.931. The summed E-state index contributed by atoms with van der Waals surface area (Å²) in [6.45, 7) is 7.42. The van der Waals surface area contributed by atoms with E-state index < -0.39 is 0 Å². The summed E-state index contributed by atoms with van der Waals surface area (Å²) in [5.74, 6) is 2.93. The first-order chi connectivity index (χ1) is 8.13. The van der Waals surface area contributed by atoms with Gasteiger partial charge in [-0.05, 0) is 19.8 Å². The Hall–Kier alpha value is -1.32. The quantitative estimate of drug-likeness (QED) is 0.824. The van der Waals surface area contributed by atoms with E-state index in [1.807, 2.05) is 7.05 Å². The van der Waals surface area contributed by atoms with Crippen LogP contribution in [0.4, 0.5) is 11.6 Å². The van der Waals surface area contributed by atoms with Gasteiger partial charge in [0.2, 0.25) is 0 Å². The molecule has 4 nitrogen and oxygen atoms in total. The van der Waals surface area contributed by atoms with Crippen LogP contribution in [0.25, 0.3) is 0 Å². The van der Waals surface area contributed by atoms with Gasteiger partial charge < -0.3 is 10.2 Å². The molecular weight excluding hydrogens is 212 g/mol. The van der Waals surface area contributed by atoms with Gasteiger partial charge in [-0.15, -0.1) is 0 Å². The van der Waals surface area contributed by atoms with Crippen LogP contribution in [0.2, 0.25) is 0 Å². The summed E-state index contributed by atoms with van der Waals surface area (Å²) in [4.78, 5) is 11.4. The number of nitrogens with one attached hydrogen (secondary N) is 1. The maximum absolute atomic E-state index is 4.66. The minimum absolute atomic E-state index is 0.931. The molecule has 0 saturated heterocycles. The zero-order valence-electron chi connectivity index (χ0n) is 11.7. The normalized spacial score (nSPS) is 10.4. The highest BCUT2D eigenvalue weighted by atomic mass is 15.2. The van der Waals surface area contributed by atoms with Crippen molar-refractivity contribution in [1.29, 1.82) is 0 Å². The molecule has 0 radical (unpaired) electrons. The Bertz CT molecular complexity index is 363. The molecule has 0 unspecified atom stereocenters. The van der Waals surface area contributed by atoms with Crippen LogP contribution in [0, 0.1) is 6.92 Å². The topological polar surface area (TPSA) is 41.1 Å². The lowest BCUT2D eigenvalue weighted by molar-refractivity contribution is 0.793. The van der Waals surface area contributed by atoms with E-state index in [9.17, 15) is 0 Å². The Morgan fingerprint density at radius 2 is 1.88 bits per heavy atom. The fraction of sp³-hybridized carbons (Fsp3) is 0.692. The van der Waals surface area contributed by atoms with Crippen LogP contribution < -0.4 is 10.2 Å². The monoisotopic (exact) mass is 236 g/mol. The Morgan fingerprint density at radius 1 is 1.18 bits per heavy atom. The Kier molecular flexibility index (Phi) is 5.19. The van der Waals surface area contributed by atoms with E-state index in [-0.39, 0.29) is 0 Å². The third-order valence-electron chi connectivity index (χ3n) is 2.80. The number of hydrogen-bond acceptors (Lipinski definition) is 4. The molecule has 0 aliphatic rings. The number of hydrogen-bond donors (Lipinski definition) is 1. The van der Waals surface area contributed by atoms with E-state index in [0.717, 1.165) is 48.8 Å². The summed E-state index contributed by atoms with van der Waals surface area (Å²) in [6, 6.07) is 0. The number of aryl methyl sites for hydroxylation is 1. The second-order valence-corrected chi connectivity index (χ2v) is 4.36. The second-order valence-electron chi connectivity index (χ2n) is 4.36. The average Bonchev–Trinajstić information content (AvgIpc) is 2.31. The maximum atomic E-state index is 4.66. The molecule has 17 heavy (non-hydrogen) atoms. The van der Waals surface area contributed by atoms with Crippen LogP contribution in [-0.2, 0) is 6.42 Å². The molecule has 0 aliphatic heterocycles. The molecule has 0 spiro atoms. The van der Waals surface area contributed by atoms with Gasteiger partial charge in [-0.1, -0.05) is 13.8 Å². The van der Waals surface area contributed by atoms with Gasteiger partial charge in [0.25, 0.3) is 0 Å². The van der Waals surface area contributed by atoms with Gasteiger partial charge in [0.15, 0.2) is 0 Å². The highest BCUT2D eigenvalue weighted by molar-refractivity contribution is 5.58. The first-order valence-corrected chi connectivity index (χ1v) is 6.40. The van der Waals surface area contributed by atoms with E-state index in [1.165, 1.54) is 0 Å². The van der Waals surface area contributed by atoms with Crippen molar-refractivity contribution in [2.45, 2.75) is 40.0 Å². The number of nitrogens with zero attached hydrogens (tertiary/aromatic N) is 3. The summed E-state index contributed by atoms with van der Waals surface area (Å²) < 4.78 is 0. The van der Waals surface area contributed by atoms with Crippen molar-refractivity contribution in [1.82, 2.24) is 9.97 Å². The Labute approximate surface area is 104 Å². The molecule has 0 bridgehead atoms. The van der Waals surface area contributed by atoms with Gasteiger partial charge in [0.1, 0.15) is 17.5 Å². The molecule has 1 N–H and O–H groups in total. The van der Waals surface area contributed by atoms with Gasteiger partial charge in [0.05, 0.1) is 0 Å². The standard InChI is InChI=1S/C13H24N4/c1-6-8-11-15-12(14-4)10(3)13(16-11)17(5)9-7-2/h6-9H2,1-5H3,(H,14,15,16). The summed E-state index contributed by atoms with van der Waals surface area (Å²) >= 11 is 0. The molecule has 0 amide bonds. The predicted molar refractivity (Wildman–Crippen MR) is 73.9 cm³/mol. The van der Waals surface area contributed by atoms with E-state index in [0.29, 0.717) is 0 Å². The Balaban J connectivity index is 3.12. The molecule has 0 aliphatic carbocycles. The van der Waals surface area contributed by atoms with Crippen LogP contribution in [0.5, 0.6) is 0 Å². The third-order valence-corrected chi connectivity index (χ3v) is 2.80. The molecule has 0 aromatic carbocycles. The van der Waals surface area contributed by atoms with Gasteiger partial charge in [-0.3, -0.25) is 0 Å². The van der Waals surface area contributed by atoms with Crippen molar-refractivity contribution >= 4 is 11.6 Å². The molecule has 96 valence electrons. The van der Waals surface area contributed by atoms with E-state index in [4.69, 9.17) is 0 Å². The molecule has 0 saturated carbocycles. The number of rotatable bonds is 6. The SMILES string of the molecule is CCCc1nc(NC)c(C)c(N(C)CCC)n1. The van der Waals surface area contributed by atoms with Crippen molar-refractivity contribution in [3.05, 3.63) is 11.4 Å². The summed E-state index contributed by atoms with van der Waals surface area (Å²) in [5.41, 5.74) is 1.13. The number of aromatic nitrogens is 2. The molecule has 0 atom stereocenters. The van der Waals surface area contributed by atoms with Crippen molar-refractivity contribution in [2.24, 2.45) is 0 Å². The van der Waals surface area contributed by atoms with Crippen LogP contribution in [0.1, 0.15) is 38.1 Å². The smallest absolute Gasteiger partial charge is 0.137 e. The Morgan fingerprint density at radius 3 is 2.41 bits per heavy atom. The van der Waals surface area contributed by atoms with Crippen molar-refractivity contribution in [3.8, 4) is 0 Å². The van der Waals surface area contributed by atoms with E-state index in [1.54, 1.807) is 0 Å². The summed E-state index contributed by atoms with van der Waals surface area (Å²) in [7, 11) is 4.00. The lowest BCUT2D eigenvalue weighted by atomic mass is 10.2. The van der Waals surface area contributed by atoms with Crippen LogP contribution in [-0.4, -0.2) is 30.6 Å². The summed E-state index contributed by atoms with van der Waals surface area (Å²) in [5, 5.41) is 3.15. The fourth-order valence-electron chi connectivity index (χ4n) is 1.94. The minimum Gasteiger partial charge on any atom is -0.373 e. The molecular formula is C13H24N4. The molecule has 1 rings (SSSR count). The third kappa shape index (κ3) is 3.32. The van der Waals surface area contributed by atoms with E-state index in [2.05, 4.69) is 48.0 Å². The maximum Gasteiger partial charge on any atom is 0.137 e. The fourth-order valence-corrected chi connectivity index (χ4v) is 1.94. The largest absolute Gasteiger partial charge is 0.373 e. The highest BCUT2D eigenvalue weighted by Gasteiger charge is 2.12. The lowest BCUT2D eigenvalue weighted by Gasteiger charge is -2.21.